The van der Waals surface area contributed by atoms with E-state index in [-0.39, 0.29) is 17.3 Å². The molecule has 1 aliphatic carbocycles. The molecule has 0 unspecified atom stereocenters. The van der Waals surface area contributed by atoms with E-state index >= 15 is 0 Å². The number of hydrogen-bond donors (Lipinski definition) is 0. The number of carbonyl (C=O) groups is 2. The van der Waals surface area contributed by atoms with Crippen LogP contribution in [-0.4, -0.2) is 49.7 Å². The van der Waals surface area contributed by atoms with E-state index in [0.29, 0.717) is 22.6 Å². The SMILES string of the molecule is CN1CCN(c2cc3c(o2)C(=O)c2ccccc2C3=O)CC1. The molecular weight excluding hydrogens is 280 g/mol. The summed E-state index contributed by atoms with van der Waals surface area (Å²) >= 11 is 0. The highest BCUT2D eigenvalue weighted by atomic mass is 16.4. The highest BCUT2D eigenvalue weighted by Crippen LogP contribution is 2.33. The number of benzene rings is 1. The van der Waals surface area contributed by atoms with Gasteiger partial charge in [-0.05, 0) is 7.05 Å². The molecule has 22 heavy (non-hydrogen) atoms. The smallest absolute Gasteiger partial charge is 0.229 e. The molecule has 0 saturated carbocycles. The van der Waals surface area contributed by atoms with Crippen molar-refractivity contribution in [3.63, 3.8) is 0 Å². The Hall–Kier alpha value is -2.40. The van der Waals surface area contributed by atoms with Gasteiger partial charge in [0, 0.05) is 43.4 Å². The van der Waals surface area contributed by atoms with Crippen molar-refractivity contribution in [3.8, 4) is 0 Å². The van der Waals surface area contributed by atoms with E-state index in [2.05, 4.69) is 16.8 Å². The van der Waals surface area contributed by atoms with Crippen molar-refractivity contribution in [2.45, 2.75) is 0 Å². The van der Waals surface area contributed by atoms with E-state index < -0.39 is 0 Å². The lowest BCUT2D eigenvalue weighted by Gasteiger charge is -2.32. The molecule has 1 fully saturated rings. The number of piperazine rings is 1. The normalized spacial score (nSPS) is 18.3. The molecule has 0 amide bonds. The number of likely N-dealkylation sites (N-methyl/N-ethyl adjacent to an activating group) is 1. The Balaban J connectivity index is 1.74. The topological polar surface area (TPSA) is 53.8 Å². The number of fused-ring (bicyclic) bond motifs is 2. The Bertz CT molecular complexity index is 717. The van der Waals surface area contributed by atoms with E-state index in [1.54, 1.807) is 30.3 Å². The summed E-state index contributed by atoms with van der Waals surface area (Å²) in [4.78, 5) is 29.4. The molecule has 5 nitrogen and oxygen atoms in total. The lowest BCUT2D eigenvalue weighted by Crippen LogP contribution is -2.44. The molecule has 0 bridgehead atoms. The molecular formula is C17H16N2O3. The van der Waals surface area contributed by atoms with Crippen molar-refractivity contribution in [1.29, 1.82) is 0 Å². The number of carbonyl (C=O) groups excluding carboxylic acids is 2. The van der Waals surface area contributed by atoms with Gasteiger partial charge in [0.15, 0.2) is 17.4 Å². The first kappa shape index (κ1) is 13.3. The third-order valence-electron chi connectivity index (χ3n) is 4.40. The van der Waals surface area contributed by atoms with Crippen LogP contribution in [-0.2, 0) is 0 Å². The van der Waals surface area contributed by atoms with Crippen molar-refractivity contribution in [3.05, 3.63) is 52.8 Å². The van der Waals surface area contributed by atoms with Gasteiger partial charge in [0.1, 0.15) is 0 Å². The molecule has 1 saturated heterocycles. The summed E-state index contributed by atoms with van der Waals surface area (Å²) in [6.07, 6.45) is 0. The Morgan fingerprint density at radius 2 is 1.55 bits per heavy atom. The van der Waals surface area contributed by atoms with Gasteiger partial charge in [-0.2, -0.15) is 0 Å². The van der Waals surface area contributed by atoms with Crippen LogP contribution >= 0.6 is 0 Å². The quantitative estimate of drug-likeness (QED) is 0.685. The van der Waals surface area contributed by atoms with Gasteiger partial charge in [-0.1, -0.05) is 24.3 Å². The fourth-order valence-corrected chi connectivity index (χ4v) is 3.04. The van der Waals surface area contributed by atoms with Crippen molar-refractivity contribution >= 4 is 17.5 Å². The van der Waals surface area contributed by atoms with E-state index in [9.17, 15) is 9.59 Å². The maximum atomic E-state index is 12.6. The minimum absolute atomic E-state index is 0.130. The first-order valence-corrected chi connectivity index (χ1v) is 7.41. The van der Waals surface area contributed by atoms with Gasteiger partial charge in [0.2, 0.25) is 5.78 Å². The van der Waals surface area contributed by atoms with Crippen molar-refractivity contribution < 1.29 is 14.0 Å². The predicted molar refractivity (Wildman–Crippen MR) is 81.7 cm³/mol. The number of nitrogens with zero attached hydrogens (tertiary/aromatic N) is 2. The largest absolute Gasteiger partial charge is 0.436 e. The molecule has 4 rings (SSSR count). The fraction of sp³-hybridized carbons (Fsp3) is 0.294. The van der Waals surface area contributed by atoms with Gasteiger partial charge in [-0.25, -0.2) is 0 Å². The molecule has 2 aromatic rings. The van der Waals surface area contributed by atoms with Crippen LogP contribution in [0.4, 0.5) is 5.88 Å². The average Bonchev–Trinajstić information content (AvgIpc) is 2.99. The summed E-state index contributed by atoms with van der Waals surface area (Å²) in [6.45, 7) is 3.54. The van der Waals surface area contributed by atoms with Gasteiger partial charge >= 0.3 is 0 Å². The lowest BCUT2D eigenvalue weighted by molar-refractivity contribution is 0.0960. The molecule has 1 aromatic carbocycles. The zero-order valence-corrected chi connectivity index (χ0v) is 12.3. The maximum Gasteiger partial charge on any atom is 0.229 e. The number of hydrogen-bond acceptors (Lipinski definition) is 5. The number of furan rings is 1. The van der Waals surface area contributed by atoms with Crippen molar-refractivity contribution in [1.82, 2.24) is 4.90 Å². The van der Waals surface area contributed by atoms with Crippen molar-refractivity contribution in [2.75, 3.05) is 38.1 Å². The van der Waals surface area contributed by atoms with Gasteiger partial charge in [-0.15, -0.1) is 0 Å². The molecule has 5 heteroatoms. The number of rotatable bonds is 1. The monoisotopic (exact) mass is 296 g/mol. The predicted octanol–water partition coefficient (Wildman–Crippen LogP) is 1.81. The fourth-order valence-electron chi connectivity index (χ4n) is 3.04. The van der Waals surface area contributed by atoms with E-state index in [0.717, 1.165) is 26.2 Å². The molecule has 0 radical (unpaired) electrons. The minimum atomic E-state index is -0.203. The van der Waals surface area contributed by atoms with E-state index in [4.69, 9.17) is 4.42 Å². The Morgan fingerprint density at radius 3 is 2.23 bits per heavy atom. The van der Waals surface area contributed by atoms with Crippen LogP contribution in [0.15, 0.2) is 34.7 Å². The Kier molecular flexibility index (Phi) is 2.90. The van der Waals surface area contributed by atoms with Gasteiger partial charge in [0.25, 0.3) is 0 Å². The highest BCUT2D eigenvalue weighted by molar-refractivity contribution is 6.27. The number of ketones is 2. The van der Waals surface area contributed by atoms with Crippen LogP contribution in [0.3, 0.4) is 0 Å². The van der Waals surface area contributed by atoms with Gasteiger partial charge in [0.05, 0.1) is 5.56 Å². The van der Waals surface area contributed by atoms with E-state index in [1.807, 2.05) is 0 Å². The van der Waals surface area contributed by atoms with Crippen LogP contribution in [0.1, 0.15) is 32.0 Å². The molecule has 2 aliphatic rings. The molecule has 0 N–H and O–H groups in total. The van der Waals surface area contributed by atoms with Crippen LogP contribution in [0.25, 0.3) is 0 Å². The molecule has 0 atom stereocenters. The maximum absolute atomic E-state index is 12.6. The summed E-state index contributed by atoms with van der Waals surface area (Å²) in [6, 6.07) is 8.63. The summed E-state index contributed by atoms with van der Waals surface area (Å²) in [5.74, 6) is 0.463. The molecule has 1 aliphatic heterocycles. The van der Waals surface area contributed by atoms with Crippen LogP contribution in [0.5, 0.6) is 0 Å². The van der Waals surface area contributed by atoms with Crippen molar-refractivity contribution in [2.24, 2.45) is 0 Å². The summed E-state index contributed by atoms with van der Waals surface area (Å²) in [5, 5.41) is 0. The second kappa shape index (κ2) is 4.81. The zero-order chi connectivity index (χ0) is 15.3. The Morgan fingerprint density at radius 1 is 0.909 bits per heavy atom. The zero-order valence-electron chi connectivity index (χ0n) is 12.3. The molecule has 112 valence electrons. The second-order valence-electron chi connectivity index (χ2n) is 5.82. The average molecular weight is 296 g/mol. The van der Waals surface area contributed by atoms with Gasteiger partial charge < -0.3 is 14.2 Å². The first-order chi connectivity index (χ1) is 10.6. The number of anilines is 1. The first-order valence-electron chi connectivity index (χ1n) is 7.41. The Labute approximate surface area is 128 Å². The van der Waals surface area contributed by atoms with E-state index in [1.165, 1.54) is 0 Å². The second-order valence-corrected chi connectivity index (χ2v) is 5.82. The summed E-state index contributed by atoms with van der Waals surface area (Å²) < 4.78 is 5.76. The van der Waals surface area contributed by atoms with Crippen LogP contribution in [0, 0.1) is 0 Å². The third-order valence-corrected chi connectivity index (χ3v) is 4.40. The molecule has 0 spiro atoms. The standard InChI is InChI=1S/C17H16N2O3/c1-18-6-8-19(9-7-18)14-10-13-15(20)11-4-2-3-5-12(11)16(21)17(13)22-14/h2-5,10H,6-9H2,1H3. The minimum Gasteiger partial charge on any atom is -0.436 e. The van der Waals surface area contributed by atoms with Crippen LogP contribution in [0.2, 0.25) is 0 Å². The lowest BCUT2D eigenvalue weighted by atomic mass is 9.89. The highest BCUT2D eigenvalue weighted by Gasteiger charge is 2.34. The molecule has 2 heterocycles. The third kappa shape index (κ3) is 1.89. The molecule has 1 aromatic heterocycles. The van der Waals surface area contributed by atoms with Gasteiger partial charge in [-0.3, -0.25) is 9.59 Å². The van der Waals surface area contributed by atoms with Crippen LogP contribution < -0.4 is 4.90 Å². The summed E-state index contributed by atoms with van der Waals surface area (Å²) in [5.41, 5.74) is 1.28. The summed E-state index contributed by atoms with van der Waals surface area (Å²) in [7, 11) is 2.08.